The van der Waals surface area contributed by atoms with E-state index in [1.54, 1.807) is 30.1 Å². The molecule has 2 aromatic carbocycles. The van der Waals surface area contributed by atoms with Crippen molar-refractivity contribution in [2.75, 3.05) is 19.4 Å². The average Bonchev–Trinajstić information content (AvgIpc) is 2.56. The molecule has 1 amide bonds. The van der Waals surface area contributed by atoms with E-state index in [1.165, 1.54) is 17.8 Å². The van der Waals surface area contributed by atoms with Gasteiger partial charge >= 0.3 is 0 Å². The molecule has 0 fully saturated rings. The molecule has 2 aromatic rings. The van der Waals surface area contributed by atoms with Crippen LogP contribution in [0, 0.1) is 5.82 Å². The lowest BCUT2D eigenvalue weighted by atomic mass is 10.2. The van der Waals surface area contributed by atoms with Crippen LogP contribution in [0.5, 0.6) is 5.75 Å². The van der Waals surface area contributed by atoms with E-state index in [0.29, 0.717) is 18.0 Å². The zero-order valence-electron chi connectivity index (χ0n) is 13.3. The molecule has 0 unspecified atom stereocenters. The molecule has 0 aliphatic heterocycles. The minimum atomic E-state index is -0.292. The third-order valence-corrected chi connectivity index (χ3v) is 4.30. The first-order chi connectivity index (χ1) is 11.1. The van der Waals surface area contributed by atoms with Gasteiger partial charge in [0, 0.05) is 18.5 Å². The zero-order chi connectivity index (χ0) is 16.7. The number of carbonyl (C=O) groups excluding carboxylic acids is 1. The van der Waals surface area contributed by atoms with Crippen molar-refractivity contribution in [1.82, 2.24) is 4.90 Å². The highest BCUT2D eigenvalue weighted by Gasteiger charge is 2.11. The van der Waals surface area contributed by atoms with Gasteiger partial charge in [-0.1, -0.05) is 24.3 Å². The van der Waals surface area contributed by atoms with Crippen LogP contribution >= 0.6 is 11.8 Å². The van der Waals surface area contributed by atoms with E-state index < -0.39 is 0 Å². The maximum absolute atomic E-state index is 13.5. The van der Waals surface area contributed by atoms with Gasteiger partial charge in [0.1, 0.15) is 11.6 Å². The van der Waals surface area contributed by atoms with Crippen molar-refractivity contribution in [1.29, 1.82) is 0 Å². The second-order valence-electron chi connectivity index (χ2n) is 5.05. The largest absolute Gasteiger partial charge is 0.494 e. The Morgan fingerprint density at radius 2 is 1.87 bits per heavy atom. The van der Waals surface area contributed by atoms with Crippen molar-refractivity contribution < 1.29 is 13.9 Å². The van der Waals surface area contributed by atoms with Crippen LogP contribution < -0.4 is 4.74 Å². The highest BCUT2D eigenvalue weighted by molar-refractivity contribution is 8.00. The third-order valence-electron chi connectivity index (χ3n) is 3.27. The minimum absolute atomic E-state index is 0.0351. The van der Waals surface area contributed by atoms with Crippen LogP contribution in [0.25, 0.3) is 0 Å². The van der Waals surface area contributed by atoms with E-state index >= 15 is 0 Å². The van der Waals surface area contributed by atoms with E-state index in [9.17, 15) is 9.18 Å². The summed E-state index contributed by atoms with van der Waals surface area (Å²) < 4.78 is 18.9. The molecule has 0 spiro atoms. The standard InChI is InChI=1S/C18H20FNO2S/c1-3-22-15-10-8-14(9-11-15)12-20(2)18(21)13-23-17-7-5-4-6-16(17)19/h4-11H,3,12-13H2,1-2H3. The average molecular weight is 333 g/mol. The summed E-state index contributed by atoms with van der Waals surface area (Å²) in [5, 5.41) is 0. The van der Waals surface area contributed by atoms with Crippen LogP contribution in [-0.2, 0) is 11.3 Å². The van der Waals surface area contributed by atoms with Gasteiger partial charge in [0.15, 0.2) is 0 Å². The van der Waals surface area contributed by atoms with E-state index in [0.717, 1.165) is 11.3 Å². The Morgan fingerprint density at radius 3 is 2.52 bits per heavy atom. The molecule has 122 valence electrons. The number of benzene rings is 2. The highest BCUT2D eigenvalue weighted by Crippen LogP contribution is 2.21. The summed E-state index contributed by atoms with van der Waals surface area (Å²) in [6.07, 6.45) is 0. The van der Waals surface area contributed by atoms with Crippen molar-refractivity contribution >= 4 is 17.7 Å². The van der Waals surface area contributed by atoms with E-state index in [1.807, 2.05) is 31.2 Å². The molecule has 2 rings (SSSR count). The minimum Gasteiger partial charge on any atom is -0.494 e. The number of halogens is 1. The fraction of sp³-hybridized carbons (Fsp3) is 0.278. The number of hydrogen-bond acceptors (Lipinski definition) is 3. The number of nitrogens with zero attached hydrogens (tertiary/aromatic N) is 1. The van der Waals surface area contributed by atoms with Gasteiger partial charge in [-0.3, -0.25) is 4.79 Å². The molecular formula is C18H20FNO2S. The number of rotatable bonds is 7. The highest BCUT2D eigenvalue weighted by atomic mass is 32.2. The molecule has 0 atom stereocenters. The fourth-order valence-corrected chi connectivity index (χ4v) is 2.91. The summed E-state index contributed by atoms with van der Waals surface area (Å²) in [6, 6.07) is 14.2. The summed E-state index contributed by atoms with van der Waals surface area (Å²) in [4.78, 5) is 14.3. The fourth-order valence-electron chi connectivity index (χ4n) is 2.03. The van der Waals surface area contributed by atoms with Gasteiger partial charge in [-0.15, -0.1) is 11.8 Å². The summed E-state index contributed by atoms with van der Waals surface area (Å²) >= 11 is 1.22. The predicted octanol–water partition coefficient (Wildman–Crippen LogP) is 3.98. The Bertz CT molecular complexity index is 646. The van der Waals surface area contributed by atoms with Gasteiger partial charge in [-0.05, 0) is 36.8 Å². The Kier molecular flexibility index (Phi) is 6.47. The lowest BCUT2D eigenvalue weighted by Gasteiger charge is -2.17. The zero-order valence-corrected chi connectivity index (χ0v) is 14.1. The van der Waals surface area contributed by atoms with Crippen LogP contribution in [0.3, 0.4) is 0 Å². The molecule has 0 bridgehead atoms. The molecule has 0 aromatic heterocycles. The number of ether oxygens (including phenoxy) is 1. The lowest BCUT2D eigenvalue weighted by molar-refractivity contribution is -0.127. The molecule has 0 saturated carbocycles. The summed E-state index contributed by atoms with van der Waals surface area (Å²) in [5.41, 5.74) is 1.03. The molecule has 5 heteroatoms. The van der Waals surface area contributed by atoms with Crippen molar-refractivity contribution in [2.45, 2.75) is 18.4 Å². The summed E-state index contributed by atoms with van der Waals surface area (Å²) in [6.45, 7) is 3.08. The Labute approximate surface area is 140 Å². The normalized spacial score (nSPS) is 10.4. The Hall–Kier alpha value is -2.01. The maximum Gasteiger partial charge on any atom is 0.232 e. The number of carbonyl (C=O) groups is 1. The molecular weight excluding hydrogens is 313 g/mol. The monoisotopic (exact) mass is 333 g/mol. The molecule has 0 radical (unpaired) electrons. The summed E-state index contributed by atoms with van der Waals surface area (Å²) in [5.74, 6) is 0.709. The van der Waals surface area contributed by atoms with Crippen molar-refractivity contribution in [2.24, 2.45) is 0 Å². The summed E-state index contributed by atoms with van der Waals surface area (Å²) in [7, 11) is 1.75. The van der Waals surface area contributed by atoms with Crippen molar-refractivity contribution in [3.05, 3.63) is 59.9 Å². The lowest BCUT2D eigenvalue weighted by Crippen LogP contribution is -2.27. The van der Waals surface area contributed by atoms with E-state index in [-0.39, 0.29) is 17.5 Å². The quantitative estimate of drug-likeness (QED) is 0.718. The molecule has 3 nitrogen and oxygen atoms in total. The molecule has 0 aliphatic carbocycles. The first-order valence-electron chi connectivity index (χ1n) is 7.43. The topological polar surface area (TPSA) is 29.5 Å². The van der Waals surface area contributed by atoms with Gasteiger partial charge in [-0.2, -0.15) is 0 Å². The van der Waals surface area contributed by atoms with Crippen LogP contribution in [0.2, 0.25) is 0 Å². The molecule has 0 aliphatic rings. The Balaban J connectivity index is 1.86. The second-order valence-corrected chi connectivity index (χ2v) is 6.06. The van der Waals surface area contributed by atoms with Gasteiger partial charge < -0.3 is 9.64 Å². The van der Waals surface area contributed by atoms with E-state index in [2.05, 4.69) is 0 Å². The maximum atomic E-state index is 13.5. The van der Waals surface area contributed by atoms with Crippen LogP contribution in [-0.4, -0.2) is 30.2 Å². The second kappa shape index (κ2) is 8.58. The molecule has 23 heavy (non-hydrogen) atoms. The van der Waals surface area contributed by atoms with Gasteiger partial charge in [0.05, 0.1) is 12.4 Å². The number of amides is 1. The third kappa shape index (κ3) is 5.28. The first-order valence-corrected chi connectivity index (χ1v) is 8.41. The number of hydrogen-bond donors (Lipinski definition) is 0. The van der Waals surface area contributed by atoms with Crippen LogP contribution in [0.4, 0.5) is 4.39 Å². The predicted molar refractivity (Wildman–Crippen MR) is 91.2 cm³/mol. The van der Waals surface area contributed by atoms with Gasteiger partial charge in [-0.25, -0.2) is 4.39 Å². The van der Waals surface area contributed by atoms with Crippen molar-refractivity contribution in [3.8, 4) is 5.75 Å². The molecule has 0 heterocycles. The smallest absolute Gasteiger partial charge is 0.232 e. The molecule has 0 N–H and O–H groups in total. The molecule has 0 saturated heterocycles. The van der Waals surface area contributed by atoms with Crippen molar-refractivity contribution in [3.63, 3.8) is 0 Å². The van der Waals surface area contributed by atoms with Gasteiger partial charge in [0.25, 0.3) is 0 Å². The Morgan fingerprint density at radius 1 is 1.17 bits per heavy atom. The van der Waals surface area contributed by atoms with E-state index in [4.69, 9.17) is 4.74 Å². The number of thioether (sulfide) groups is 1. The van der Waals surface area contributed by atoms with Gasteiger partial charge in [0.2, 0.25) is 5.91 Å². The first kappa shape index (κ1) is 17.3. The van der Waals surface area contributed by atoms with Crippen LogP contribution in [0.15, 0.2) is 53.4 Å². The SMILES string of the molecule is CCOc1ccc(CN(C)C(=O)CSc2ccccc2F)cc1. The van der Waals surface area contributed by atoms with Crippen LogP contribution in [0.1, 0.15) is 12.5 Å².